The molecular formula is C19H24N2O4S. The molecule has 0 atom stereocenters. The van der Waals surface area contributed by atoms with Gasteiger partial charge < -0.3 is 10.1 Å². The van der Waals surface area contributed by atoms with Crippen molar-refractivity contribution in [2.45, 2.75) is 24.3 Å². The number of benzene rings is 2. The molecule has 0 bridgehead atoms. The number of nitrogens with one attached hydrogen (secondary N) is 1. The van der Waals surface area contributed by atoms with E-state index in [4.69, 9.17) is 4.74 Å². The van der Waals surface area contributed by atoms with Crippen molar-refractivity contribution in [2.75, 3.05) is 21.2 Å². The Kier molecular flexibility index (Phi) is 6.76. The normalized spacial score (nSPS) is 11.4. The largest absolute Gasteiger partial charge is 0.497 e. The van der Waals surface area contributed by atoms with Gasteiger partial charge in [-0.2, -0.15) is 0 Å². The summed E-state index contributed by atoms with van der Waals surface area (Å²) in [5.41, 5.74) is 1.92. The van der Waals surface area contributed by atoms with Gasteiger partial charge in [-0.05, 0) is 41.8 Å². The summed E-state index contributed by atoms with van der Waals surface area (Å²) in [4.78, 5) is 12.2. The highest BCUT2D eigenvalue weighted by Crippen LogP contribution is 2.15. The van der Waals surface area contributed by atoms with E-state index in [9.17, 15) is 13.2 Å². The third-order valence-electron chi connectivity index (χ3n) is 3.99. The number of nitrogens with zero attached hydrogens (tertiary/aromatic N) is 1. The number of rotatable bonds is 8. The molecule has 2 aromatic carbocycles. The molecule has 0 fully saturated rings. The zero-order valence-corrected chi connectivity index (χ0v) is 16.0. The molecule has 7 heteroatoms. The van der Waals surface area contributed by atoms with Crippen LogP contribution in [0.1, 0.15) is 17.5 Å². The lowest BCUT2D eigenvalue weighted by atomic mass is 10.1. The first-order valence-electron chi connectivity index (χ1n) is 8.24. The summed E-state index contributed by atoms with van der Waals surface area (Å²) in [6.07, 6.45) is 0.896. The standard InChI is InChI=1S/C19H24N2O4S/c1-21(2)26(23,24)18-11-6-15(7-12-18)8-13-19(22)20-14-16-4-9-17(25-3)10-5-16/h4-7,9-12H,8,13-14H2,1-3H3,(H,20,22). The van der Waals surface area contributed by atoms with Crippen molar-refractivity contribution >= 4 is 15.9 Å². The zero-order chi connectivity index (χ0) is 19.2. The summed E-state index contributed by atoms with van der Waals surface area (Å²) in [7, 11) is 1.18. The van der Waals surface area contributed by atoms with Gasteiger partial charge in [0, 0.05) is 27.1 Å². The van der Waals surface area contributed by atoms with Gasteiger partial charge in [-0.15, -0.1) is 0 Å². The summed E-state index contributed by atoms with van der Waals surface area (Å²) in [5.74, 6) is 0.727. The quantitative estimate of drug-likeness (QED) is 0.766. The molecule has 0 aliphatic rings. The number of methoxy groups -OCH3 is 1. The number of carbonyl (C=O) groups is 1. The molecule has 0 radical (unpaired) electrons. The second-order valence-corrected chi connectivity index (χ2v) is 8.21. The van der Waals surface area contributed by atoms with Gasteiger partial charge in [0.05, 0.1) is 12.0 Å². The summed E-state index contributed by atoms with van der Waals surface area (Å²) in [6, 6.07) is 14.1. The number of amides is 1. The second kappa shape index (κ2) is 8.82. The molecule has 1 amide bonds. The molecule has 140 valence electrons. The monoisotopic (exact) mass is 376 g/mol. The maximum absolute atomic E-state index is 12.0. The smallest absolute Gasteiger partial charge is 0.242 e. The first kappa shape index (κ1) is 19.9. The Morgan fingerprint density at radius 2 is 1.58 bits per heavy atom. The van der Waals surface area contributed by atoms with E-state index in [1.165, 1.54) is 18.4 Å². The fraction of sp³-hybridized carbons (Fsp3) is 0.316. The number of hydrogen-bond acceptors (Lipinski definition) is 4. The Morgan fingerprint density at radius 1 is 1.00 bits per heavy atom. The minimum atomic E-state index is -3.42. The summed E-state index contributed by atoms with van der Waals surface area (Å²) in [5, 5.41) is 2.87. The van der Waals surface area contributed by atoms with Gasteiger partial charge >= 0.3 is 0 Å². The van der Waals surface area contributed by atoms with Gasteiger partial charge in [0.1, 0.15) is 5.75 Å². The van der Waals surface area contributed by atoms with Crippen LogP contribution in [0.4, 0.5) is 0 Å². The Bertz CT molecular complexity index is 829. The maximum atomic E-state index is 12.0. The highest BCUT2D eigenvalue weighted by Gasteiger charge is 2.16. The first-order valence-corrected chi connectivity index (χ1v) is 9.68. The predicted octanol–water partition coefficient (Wildman–Crippen LogP) is 2.19. The molecule has 0 aromatic heterocycles. The Morgan fingerprint density at radius 3 is 2.12 bits per heavy atom. The van der Waals surface area contributed by atoms with Crippen LogP contribution < -0.4 is 10.1 Å². The highest BCUT2D eigenvalue weighted by atomic mass is 32.2. The van der Waals surface area contributed by atoms with Crippen molar-refractivity contribution < 1.29 is 17.9 Å². The number of sulfonamides is 1. The molecule has 2 aromatic rings. The average Bonchev–Trinajstić information content (AvgIpc) is 2.65. The highest BCUT2D eigenvalue weighted by molar-refractivity contribution is 7.89. The minimum absolute atomic E-state index is 0.0502. The Balaban J connectivity index is 1.83. The number of aryl methyl sites for hydroxylation is 1. The molecule has 0 aliphatic heterocycles. The van der Waals surface area contributed by atoms with Gasteiger partial charge in [-0.1, -0.05) is 24.3 Å². The predicted molar refractivity (Wildman–Crippen MR) is 100 cm³/mol. The SMILES string of the molecule is COc1ccc(CNC(=O)CCc2ccc(S(=O)(=O)N(C)C)cc2)cc1. The lowest BCUT2D eigenvalue weighted by molar-refractivity contribution is -0.121. The summed E-state index contributed by atoms with van der Waals surface area (Å²) >= 11 is 0. The van der Waals surface area contributed by atoms with Crippen molar-refractivity contribution in [3.8, 4) is 5.75 Å². The molecule has 26 heavy (non-hydrogen) atoms. The van der Waals surface area contributed by atoms with Crippen LogP contribution in [0.5, 0.6) is 5.75 Å². The van der Waals surface area contributed by atoms with Crippen LogP contribution >= 0.6 is 0 Å². The first-order chi connectivity index (χ1) is 12.3. The Labute approximate surface area is 154 Å². The topological polar surface area (TPSA) is 75.7 Å². The lowest BCUT2D eigenvalue weighted by Gasteiger charge is -2.11. The molecule has 2 rings (SSSR count). The van der Waals surface area contributed by atoms with Crippen molar-refractivity contribution in [3.05, 3.63) is 59.7 Å². The van der Waals surface area contributed by atoms with Gasteiger partial charge in [0.15, 0.2) is 0 Å². The van der Waals surface area contributed by atoms with Gasteiger partial charge in [-0.3, -0.25) is 4.79 Å². The van der Waals surface area contributed by atoms with E-state index < -0.39 is 10.0 Å². The number of ether oxygens (including phenoxy) is 1. The van der Waals surface area contributed by atoms with E-state index in [1.54, 1.807) is 31.4 Å². The Hall–Kier alpha value is -2.38. The van der Waals surface area contributed by atoms with E-state index in [-0.39, 0.29) is 10.8 Å². The van der Waals surface area contributed by atoms with E-state index in [0.29, 0.717) is 19.4 Å². The average molecular weight is 376 g/mol. The van der Waals surface area contributed by atoms with Crippen LogP contribution in [0.2, 0.25) is 0 Å². The summed E-state index contributed by atoms with van der Waals surface area (Å²) < 4.78 is 30.3. The van der Waals surface area contributed by atoms with Crippen molar-refractivity contribution in [3.63, 3.8) is 0 Å². The van der Waals surface area contributed by atoms with Gasteiger partial charge in [0.25, 0.3) is 0 Å². The molecule has 0 aliphatic carbocycles. The van der Waals surface area contributed by atoms with Gasteiger partial charge in [-0.25, -0.2) is 12.7 Å². The van der Waals surface area contributed by atoms with Crippen LogP contribution in [0.15, 0.2) is 53.4 Å². The molecule has 0 saturated carbocycles. The number of hydrogen-bond donors (Lipinski definition) is 1. The van der Waals surface area contributed by atoms with E-state index >= 15 is 0 Å². The molecule has 0 saturated heterocycles. The minimum Gasteiger partial charge on any atom is -0.497 e. The van der Waals surface area contributed by atoms with Crippen LogP contribution in [-0.4, -0.2) is 39.8 Å². The summed E-state index contributed by atoms with van der Waals surface area (Å²) in [6.45, 7) is 0.461. The molecule has 0 spiro atoms. The fourth-order valence-corrected chi connectivity index (χ4v) is 3.23. The van der Waals surface area contributed by atoms with E-state index in [1.807, 2.05) is 24.3 Å². The van der Waals surface area contributed by atoms with Crippen LogP contribution in [0.25, 0.3) is 0 Å². The maximum Gasteiger partial charge on any atom is 0.242 e. The molecule has 0 unspecified atom stereocenters. The van der Waals surface area contributed by atoms with Gasteiger partial charge in [0.2, 0.25) is 15.9 Å². The fourth-order valence-electron chi connectivity index (χ4n) is 2.33. The molecule has 1 N–H and O–H groups in total. The molecule has 6 nitrogen and oxygen atoms in total. The van der Waals surface area contributed by atoms with Crippen molar-refractivity contribution in [1.29, 1.82) is 0 Å². The van der Waals surface area contributed by atoms with Crippen LogP contribution in [-0.2, 0) is 27.8 Å². The third kappa shape index (κ3) is 5.31. The number of carbonyl (C=O) groups excluding carboxylic acids is 1. The van der Waals surface area contributed by atoms with Crippen molar-refractivity contribution in [2.24, 2.45) is 0 Å². The third-order valence-corrected chi connectivity index (χ3v) is 5.82. The lowest BCUT2D eigenvalue weighted by Crippen LogP contribution is -2.23. The zero-order valence-electron chi connectivity index (χ0n) is 15.2. The van der Waals surface area contributed by atoms with Crippen LogP contribution in [0.3, 0.4) is 0 Å². The molecule has 0 heterocycles. The van der Waals surface area contributed by atoms with Crippen LogP contribution in [0, 0.1) is 0 Å². The second-order valence-electron chi connectivity index (χ2n) is 6.06. The van der Waals surface area contributed by atoms with E-state index in [0.717, 1.165) is 16.9 Å². The molecular weight excluding hydrogens is 352 g/mol. The van der Waals surface area contributed by atoms with E-state index in [2.05, 4.69) is 5.32 Å². The van der Waals surface area contributed by atoms with Crippen molar-refractivity contribution in [1.82, 2.24) is 9.62 Å².